The van der Waals surface area contributed by atoms with Crippen molar-refractivity contribution >= 4 is 17.5 Å². The summed E-state index contributed by atoms with van der Waals surface area (Å²) in [5.41, 5.74) is 1.19. The molecule has 22 heavy (non-hydrogen) atoms. The van der Waals surface area contributed by atoms with Crippen LogP contribution in [-0.4, -0.2) is 24.4 Å². The molecule has 1 heterocycles. The Balaban J connectivity index is 1.59. The summed E-state index contributed by atoms with van der Waals surface area (Å²) in [4.78, 5) is 12.0. The first-order valence-electron chi connectivity index (χ1n) is 6.79. The SMILES string of the molecule is O=C(NCCc1ccc2c(c1)OCO2)c1cc(Cl)ccc1O. The topological polar surface area (TPSA) is 67.8 Å². The number of aromatic hydroxyl groups is 1. The summed E-state index contributed by atoms with van der Waals surface area (Å²) in [7, 11) is 0. The van der Waals surface area contributed by atoms with Crippen LogP contribution < -0.4 is 14.8 Å². The number of nitrogens with one attached hydrogen (secondary N) is 1. The Morgan fingerprint density at radius 1 is 1.18 bits per heavy atom. The normalized spacial score (nSPS) is 12.2. The number of amides is 1. The summed E-state index contributed by atoms with van der Waals surface area (Å²) in [6.07, 6.45) is 0.643. The second-order valence-corrected chi connectivity index (χ2v) is 5.29. The molecule has 0 unspecified atom stereocenters. The van der Waals surface area contributed by atoms with Gasteiger partial charge in [-0.05, 0) is 42.3 Å². The van der Waals surface area contributed by atoms with Gasteiger partial charge in [-0.15, -0.1) is 0 Å². The lowest BCUT2D eigenvalue weighted by molar-refractivity contribution is 0.0951. The molecule has 2 aromatic rings. The van der Waals surface area contributed by atoms with Crippen molar-refractivity contribution in [2.45, 2.75) is 6.42 Å². The molecule has 0 spiro atoms. The number of hydrogen-bond acceptors (Lipinski definition) is 4. The lowest BCUT2D eigenvalue weighted by atomic mass is 10.1. The highest BCUT2D eigenvalue weighted by atomic mass is 35.5. The van der Waals surface area contributed by atoms with Crippen LogP contribution in [0.15, 0.2) is 36.4 Å². The van der Waals surface area contributed by atoms with E-state index in [1.54, 1.807) is 0 Å². The van der Waals surface area contributed by atoms with E-state index in [4.69, 9.17) is 21.1 Å². The van der Waals surface area contributed by atoms with Gasteiger partial charge >= 0.3 is 0 Å². The quantitative estimate of drug-likeness (QED) is 0.909. The van der Waals surface area contributed by atoms with E-state index in [-0.39, 0.29) is 24.0 Å². The predicted molar refractivity (Wildman–Crippen MR) is 81.7 cm³/mol. The van der Waals surface area contributed by atoms with Gasteiger partial charge in [-0.3, -0.25) is 4.79 Å². The molecule has 5 nitrogen and oxygen atoms in total. The van der Waals surface area contributed by atoms with Crippen LogP contribution in [-0.2, 0) is 6.42 Å². The molecular formula is C16H14ClNO4. The van der Waals surface area contributed by atoms with Gasteiger partial charge in [0.1, 0.15) is 5.75 Å². The van der Waals surface area contributed by atoms with Crippen LogP contribution in [0.4, 0.5) is 0 Å². The Kier molecular flexibility index (Phi) is 4.06. The molecule has 1 amide bonds. The van der Waals surface area contributed by atoms with Crippen molar-refractivity contribution < 1.29 is 19.4 Å². The van der Waals surface area contributed by atoms with Gasteiger partial charge < -0.3 is 19.9 Å². The zero-order chi connectivity index (χ0) is 15.5. The van der Waals surface area contributed by atoms with E-state index in [1.807, 2.05) is 18.2 Å². The maximum Gasteiger partial charge on any atom is 0.255 e. The number of benzene rings is 2. The Labute approximate surface area is 132 Å². The number of halogens is 1. The molecule has 0 saturated carbocycles. The van der Waals surface area contributed by atoms with E-state index in [0.717, 1.165) is 17.1 Å². The molecule has 2 aromatic carbocycles. The molecule has 0 aliphatic carbocycles. The van der Waals surface area contributed by atoms with Crippen molar-refractivity contribution in [1.82, 2.24) is 5.32 Å². The average Bonchev–Trinajstić information content (AvgIpc) is 2.97. The van der Waals surface area contributed by atoms with Crippen LogP contribution in [0.1, 0.15) is 15.9 Å². The first kappa shape index (κ1) is 14.5. The maximum absolute atomic E-state index is 12.0. The van der Waals surface area contributed by atoms with Gasteiger partial charge in [-0.1, -0.05) is 17.7 Å². The van der Waals surface area contributed by atoms with Crippen LogP contribution in [0, 0.1) is 0 Å². The number of carbonyl (C=O) groups is 1. The standard InChI is InChI=1S/C16H14ClNO4/c17-11-2-3-13(19)12(8-11)16(20)18-6-5-10-1-4-14-15(7-10)22-9-21-14/h1-4,7-8,19H,5-6,9H2,(H,18,20). The van der Waals surface area contributed by atoms with Crippen LogP contribution in [0.3, 0.4) is 0 Å². The molecule has 2 N–H and O–H groups in total. The van der Waals surface area contributed by atoms with E-state index in [9.17, 15) is 9.90 Å². The molecule has 3 rings (SSSR count). The zero-order valence-electron chi connectivity index (χ0n) is 11.6. The number of phenolic OH excluding ortho intramolecular Hbond substituents is 1. The fourth-order valence-corrected chi connectivity index (χ4v) is 2.37. The molecule has 0 radical (unpaired) electrons. The fraction of sp³-hybridized carbons (Fsp3) is 0.188. The van der Waals surface area contributed by atoms with E-state index in [2.05, 4.69) is 5.32 Å². The lowest BCUT2D eigenvalue weighted by Crippen LogP contribution is -2.25. The minimum absolute atomic E-state index is 0.0926. The van der Waals surface area contributed by atoms with Gasteiger partial charge in [0, 0.05) is 11.6 Å². The second-order valence-electron chi connectivity index (χ2n) is 4.85. The highest BCUT2D eigenvalue weighted by molar-refractivity contribution is 6.31. The number of fused-ring (bicyclic) bond motifs is 1. The molecule has 0 aromatic heterocycles. The van der Waals surface area contributed by atoms with E-state index in [0.29, 0.717) is 18.0 Å². The predicted octanol–water partition coefficient (Wildman–Crippen LogP) is 2.75. The summed E-state index contributed by atoms with van der Waals surface area (Å²) in [6, 6.07) is 10.0. The number of ether oxygens (including phenoxy) is 2. The minimum atomic E-state index is -0.360. The van der Waals surface area contributed by atoms with Gasteiger partial charge in [0.25, 0.3) is 5.91 Å². The Morgan fingerprint density at radius 2 is 2.00 bits per heavy atom. The number of rotatable bonds is 4. The van der Waals surface area contributed by atoms with Crippen LogP contribution in [0.25, 0.3) is 0 Å². The first-order valence-corrected chi connectivity index (χ1v) is 7.16. The van der Waals surface area contributed by atoms with Crippen molar-refractivity contribution in [3.05, 3.63) is 52.5 Å². The van der Waals surface area contributed by atoms with Gasteiger partial charge in [-0.2, -0.15) is 0 Å². The van der Waals surface area contributed by atoms with Crippen LogP contribution in [0.5, 0.6) is 17.2 Å². The average molecular weight is 320 g/mol. The largest absolute Gasteiger partial charge is 0.507 e. The fourth-order valence-electron chi connectivity index (χ4n) is 2.20. The molecule has 1 aliphatic rings. The third kappa shape index (κ3) is 3.09. The second kappa shape index (κ2) is 6.15. The van der Waals surface area contributed by atoms with Gasteiger partial charge in [0.05, 0.1) is 5.56 Å². The van der Waals surface area contributed by atoms with Gasteiger partial charge in [-0.25, -0.2) is 0 Å². The summed E-state index contributed by atoms with van der Waals surface area (Å²) in [6.45, 7) is 0.675. The van der Waals surface area contributed by atoms with Crippen molar-refractivity contribution in [3.63, 3.8) is 0 Å². The molecule has 0 fully saturated rings. The van der Waals surface area contributed by atoms with Gasteiger partial charge in [0.15, 0.2) is 11.5 Å². The molecule has 0 bridgehead atoms. The van der Waals surface area contributed by atoms with Crippen molar-refractivity contribution in [2.24, 2.45) is 0 Å². The molecule has 1 aliphatic heterocycles. The Bertz CT molecular complexity index is 717. The minimum Gasteiger partial charge on any atom is -0.507 e. The summed E-state index contributed by atoms with van der Waals surface area (Å²) < 4.78 is 10.6. The molecule has 0 saturated heterocycles. The van der Waals surface area contributed by atoms with Crippen molar-refractivity contribution in [3.8, 4) is 17.2 Å². The van der Waals surface area contributed by atoms with Gasteiger partial charge in [0.2, 0.25) is 6.79 Å². The highest BCUT2D eigenvalue weighted by Crippen LogP contribution is 2.32. The molecule has 6 heteroatoms. The Hall–Kier alpha value is -2.40. The highest BCUT2D eigenvalue weighted by Gasteiger charge is 2.14. The number of hydrogen-bond donors (Lipinski definition) is 2. The zero-order valence-corrected chi connectivity index (χ0v) is 12.4. The first-order chi connectivity index (χ1) is 10.6. The summed E-state index contributed by atoms with van der Waals surface area (Å²) in [5.74, 6) is 0.999. The molecular weight excluding hydrogens is 306 g/mol. The maximum atomic E-state index is 12.0. The third-order valence-corrected chi connectivity index (χ3v) is 3.57. The smallest absolute Gasteiger partial charge is 0.255 e. The van der Waals surface area contributed by atoms with E-state index >= 15 is 0 Å². The monoisotopic (exact) mass is 319 g/mol. The van der Waals surface area contributed by atoms with Crippen molar-refractivity contribution in [2.75, 3.05) is 13.3 Å². The lowest BCUT2D eigenvalue weighted by Gasteiger charge is -2.08. The third-order valence-electron chi connectivity index (χ3n) is 3.34. The van der Waals surface area contributed by atoms with Crippen molar-refractivity contribution in [1.29, 1.82) is 0 Å². The van der Waals surface area contributed by atoms with E-state index < -0.39 is 0 Å². The summed E-state index contributed by atoms with van der Waals surface area (Å²) in [5, 5.41) is 12.8. The molecule has 114 valence electrons. The Morgan fingerprint density at radius 3 is 2.86 bits per heavy atom. The van der Waals surface area contributed by atoms with Crippen LogP contribution >= 0.6 is 11.6 Å². The van der Waals surface area contributed by atoms with E-state index in [1.165, 1.54) is 18.2 Å². The number of carbonyl (C=O) groups excluding carboxylic acids is 1. The molecule has 0 atom stereocenters. The van der Waals surface area contributed by atoms with Crippen LogP contribution in [0.2, 0.25) is 5.02 Å². The summed E-state index contributed by atoms with van der Waals surface area (Å²) >= 11 is 5.83. The number of phenols is 1.